The number of methoxy groups -OCH3 is 1. The van der Waals surface area contributed by atoms with Crippen LogP contribution in [0.4, 0.5) is 0 Å². The van der Waals surface area contributed by atoms with Crippen LogP contribution in [0.15, 0.2) is 4.52 Å². The number of hydrogen-bond acceptors (Lipinski definition) is 5. The summed E-state index contributed by atoms with van der Waals surface area (Å²) in [4.78, 5) is 4.00. The summed E-state index contributed by atoms with van der Waals surface area (Å²) in [5.41, 5.74) is 0. The minimum absolute atomic E-state index is 0.271. The van der Waals surface area contributed by atoms with Crippen LogP contribution in [-0.2, 0) is 11.2 Å². The van der Waals surface area contributed by atoms with E-state index in [4.69, 9.17) is 14.4 Å². The first-order valence-electron chi connectivity index (χ1n) is 4.23. The zero-order valence-electron chi connectivity index (χ0n) is 7.86. The van der Waals surface area contributed by atoms with E-state index in [1.54, 1.807) is 14.0 Å². The lowest BCUT2D eigenvalue weighted by Gasteiger charge is -1.94. The highest BCUT2D eigenvalue weighted by Gasteiger charge is 2.10. The van der Waals surface area contributed by atoms with Gasteiger partial charge in [0.05, 0.1) is 0 Å². The van der Waals surface area contributed by atoms with Crippen molar-refractivity contribution in [2.75, 3.05) is 13.7 Å². The van der Waals surface area contributed by atoms with E-state index in [0.717, 1.165) is 6.42 Å². The molecule has 0 bridgehead atoms. The van der Waals surface area contributed by atoms with Gasteiger partial charge in [-0.05, 0) is 13.3 Å². The maximum atomic E-state index is 9.09. The summed E-state index contributed by atoms with van der Waals surface area (Å²) in [5, 5.41) is 12.8. The highest BCUT2D eigenvalue weighted by Crippen LogP contribution is 2.08. The summed E-state index contributed by atoms with van der Waals surface area (Å²) in [6.07, 6.45) is 0.878. The second kappa shape index (κ2) is 4.94. The van der Waals surface area contributed by atoms with E-state index >= 15 is 0 Å². The SMILES string of the molecule is COCCCc1noc([C@H](C)O)n1. The van der Waals surface area contributed by atoms with E-state index in [0.29, 0.717) is 18.9 Å². The van der Waals surface area contributed by atoms with Gasteiger partial charge in [0.2, 0.25) is 0 Å². The third kappa shape index (κ3) is 3.12. The molecule has 5 nitrogen and oxygen atoms in total. The molecule has 1 atom stereocenters. The van der Waals surface area contributed by atoms with Gasteiger partial charge in [-0.3, -0.25) is 0 Å². The Morgan fingerprint density at radius 2 is 2.38 bits per heavy atom. The van der Waals surface area contributed by atoms with Crippen LogP contribution in [0, 0.1) is 0 Å². The standard InChI is InChI=1S/C8H14N2O3/c1-6(11)8-9-7(10-13-8)4-3-5-12-2/h6,11H,3-5H2,1-2H3/t6-/m0/s1. The molecule has 0 saturated heterocycles. The van der Waals surface area contributed by atoms with Crippen molar-refractivity contribution in [2.24, 2.45) is 0 Å². The Morgan fingerprint density at radius 1 is 1.62 bits per heavy atom. The van der Waals surface area contributed by atoms with Crippen LogP contribution in [0.3, 0.4) is 0 Å². The van der Waals surface area contributed by atoms with Crippen molar-refractivity contribution in [2.45, 2.75) is 25.9 Å². The quantitative estimate of drug-likeness (QED) is 0.685. The van der Waals surface area contributed by atoms with E-state index in [-0.39, 0.29) is 5.89 Å². The molecule has 13 heavy (non-hydrogen) atoms. The van der Waals surface area contributed by atoms with Crippen molar-refractivity contribution in [3.05, 3.63) is 11.7 Å². The number of rotatable bonds is 5. The highest BCUT2D eigenvalue weighted by atomic mass is 16.5. The molecule has 74 valence electrons. The number of aromatic nitrogens is 2. The third-order valence-electron chi connectivity index (χ3n) is 1.59. The van der Waals surface area contributed by atoms with Gasteiger partial charge in [-0.1, -0.05) is 5.16 Å². The van der Waals surface area contributed by atoms with Gasteiger partial charge in [0.15, 0.2) is 5.82 Å². The Balaban J connectivity index is 2.40. The molecule has 0 aliphatic rings. The molecule has 1 heterocycles. The lowest BCUT2D eigenvalue weighted by Crippen LogP contribution is -1.95. The first kappa shape index (κ1) is 10.1. The molecule has 0 aromatic carbocycles. The van der Waals surface area contributed by atoms with E-state index in [1.165, 1.54) is 0 Å². The van der Waals surface area contributed by atoms with Gasteiger partial charge in [-0.15, -0.1) is 0 Å². The lowest BCUT2D eigenvalue weighted by atomic mass is 10.3. The fourth-order valence-electron chi connectivity index (χ4n) is 0.913. The fraction of sp³-hybridized carbons (Fsp3) is 0.750. The van der Waals surface area contributed by atoms with Crippen LogP contribution in [-0.4, -0.2) is 29.0 Å². The maximum Gasteiger partial charge on any atom is 0.255 e. The Hall–Kier alpha value is -0.940. The van der Waals surface area contributed by atoms with Gasteiger partial charge >= 0.3 is 0 Å². The van der Waals surface area contributed by atoms with Crippen molar-refractivity contribution < 1.29 is 14.4 Å². The second-order valence-electron chi connectivity index (χ2n) is 2.82. The smallest absolute Gasteiger partial charge is 0.255 e. The largest absolute Gasteiger partial charge is 0.385 e. The molecule has 0 amide bonds. The van der Waals surface area contributed by atoms with Crippen molar-refractivity contribution in [3.63, 3.8) is 0 Å². The lowest BCUT2D eigenvalue weighted by molar-refractivity contribution is 0.151. The minimum Gasteiger partial charge on any atom is -0.385 e. The van der Waals surface area contributed by atoms with Gasteiger partial charge in [-0.25, -0.2) is 0 Å². The number of nitrogens with zero attached hydrogens (tertiary/aromatic N) is 2. The van der Waals surface area contributed by atoms with Crippen molar-refractivity contribution in [3.8, 4) is 0 Å². The predicted octanol–water partition coefficient (Wildman–Crippen LogP) is 0.702. The van der Waals surface area contributed by atoms with Crippen LogP contribution < -0.4 is 0 Å². The number of aryl methyl sites for hydroxylation is 1. The molecule has 1 aromatic rings. The van der Waals surface area contributed by atoms with Crippen LogP contribution >= 0.6 is 0 Å². The Kier molecular flexibility index (Phi) is 3.85. The predicted molar refractivity (Wildman–Crippen MR) is 45.1 cm³/mol. The van der Waals surface area contributed by atoms with Crippen molar-refractivity contribution >= 4 is 0 Å². The number of aliphatic hydroxyl groups is 1. The number of ether oxygens (including phenoxy) is 1. The summed E-state index contributed by atoms with van der Waals surface area (Å²) in [7, 11) is 1.65. The first-order valence-corrected chi connectivity index (χ1v) is 4.23. The molecule has 0 fully saturated rings. The van der Waals surface area contributed by atoms with Crippen LogP contribution in [0.2, 0.25) is 0 Å². The van der Waals surface area contributed by atoms with Gasteiger partial charge in [0.25, 0.3) is 5.89 Å². The van der Waals surface area contributed by atoms with Gasteiger partial charge < -0.3 is 14.4 Å². The minimum atomic E-state index is -0.691. The molecule has 0 aliphatic carbocycles. The molecular formula is C8H14N2O3. The zero-order valence-corrected chi connectivity index (χ0v) is 7.86. The third-order valence-corrected chi connectivity index (χ3v) is 1.59. The first-order chi connectivity index (χ1) is 6.24. The summed E-state index contributed by atoms with van der Waals surface area (Å²) < 4.78 is 9.69. The monoisotopic (exact) mass is 186 g/mol. The number of aliphatic hydroxyl groups excluding tert-OH is 1. The fourth-order valence-corrected chi connectivity index (χ4v) is 0.913. The Bertz CT molecular complexity index is 247. The molecular weight excluding hydrogens is 172 g/mol. The van der Waals surface area contributed by atoms with Crippen LogP contribution in [0.25, 0.3) is 0 Å². The molecule has 5 heteroatoms. The second-order valence-corrected chi connectivity index (χ2v) is 2.82. The number of hydrogen-bond donors (Lipinski definition) is 1. The summed E-state index contributed by atoms with van der Waals surface area (Å²) in [6, 6.07) is 0. The normalized spacial score (nSPS) is 13.2. The molecule has 1 rings (SSSR count). The molecule has 0 spiro atoms. The van der Waals surface area contributed by atoms with Gasteiger partial charge in [0, 0.05) is 20.1 Å². The van der Waals surface area contributed by atoms with E-state index < -0.39 is 6.10 Å². The topological polar surface area (TPSA) is 68.4 Å². The van der Waals surface area contributed by atoms with Crippen LogP contribution in [0.5, 0.6) is 0 Å². The maximum absolute atomic E-state index is 9.09. The van der Waals surface area contributed by atoms with Crippen LogP contribution in [0.1, 0.15) is 31.2 Å². The summed E-state index contributed by atoms with van der Waals surface area (Å²) in [6.45, 7) is 2.27. The summed E-state index contributed by atoms with van der Waals surface area (Å²) in [5.74, 6) is 0.889. The van der Waals surface area contributed by atoms with E-state index in [9.17, 15) is 0 Å². The molecule has 0 saturated carbocycles. The highest BCUT2D eigenvalue weighted by molar-refractivity contribution is 4.88. The van der Waals surface area contributed by atoms with E-state index in [2.05, 4.69) is 10.1 Å². The Morgan fingerprint density at radius 3 is 2.92 bits per heavy atom. The average Bonchev–Trinajstić information content (AvgIpc) is 2.53. The molecule has 0 radical (unpaired) electrons. The van der Waals surface area contributed by atoms with E-state index in [1.807, 2.05) is 0 Å². The molecule has 0 unspecified atom stereocenters. The molecule has 1 N–H and O–H groups in total. The molecule has 0 aliphatic heterocycles. The molecule has 1 aromatic heterocycles. The Labute approximate surface area is 76.7 Å². The summed E-state index contributed by atoms with van der Waals surface area (Å²) >= 11 is 0. The zero-order chi connectivity index (χ0) is 9.68. The van der Waals surface area contributed by atoms with Gasteiger partial charge in [-0.2, -0.15) is 4.98 Å². The van der Waals surface area contributed by atoms with Crippen molar-refractivity contribution in [1.82, 2.24) is 10.1 Å². The average molecular weight is 186 g/mol. The van der Waals surface area contributed by atoms with Crippen molar-refractivity contribution in [1.29, 1.82) is 0 Å². The van der Waals surface area contributed by atoms with Gasteiger partial charge in [0.1, 0.15) is 6.10 Å².